The van der Waals surface area contributed by atoms with Crippen molar-refractivity contribution < 1.29 is 4.74 Å². The van der Waals surface area contributed by atoms with E-state index in [2.05, 4.69) is 18.2 Å². The lowest BCUT2D eigenvalue weighted by atomic mass is 10.0. The highest BCUT2D eigenvalue weighted by molar-refractivity contribution is 4.83. The predicted octanol–water partition coefficient (Wildman–Crippen LogP) is 2.58. The summed E-state index contributed by atoms with van der Waals surface area (Å²) in [7, 11) is 1.76. The van der Waals surface area contributed by atoms with Crippen LogP contribution < -0.4 is 5.32 Å². The van der Waals surface area contributed by atoms with Crippen molar-refractivity contribution in [2.45, 2.75) is 51.5 Å². The number of unbranched alkanes of at least 4 members (excludes halogenated alkanes) is 1. The van der Waals surface area contributed by atoms with Crippen LogP contribution in [0.5, 0.6) is 0 Å². The molecule has 0 fully saturated rings. The van der Waals surface area contributed by atoms with E-state index in [9.17, 15) is 0 Å². The first-order valence-electron chi connectivity index (χ1n) is 6.00. The zero-order valence-electron chi connectivity index (χ0n) is 10.2. The van der Waals surface area contributed by atoms with Crippen molar-refractivity contribution in [3.05, 3.63) is 0 Å². The van der Waals surface area contributed by atoms with Crippen molar-refractivity contribution in [2.24, 2.45) is 0 Å². The van der Waals surface area contributed by atoms with Crippen LogP contribution in [0.2, 0.25) is 0 Å². The Balaban J connectivity index is 3.59. The van der Waals surface area contributed by atoms with Crippen molar-refractivity contribution in [1.82, 2.24) is 5.32 Å². The number of ether oxygens (including phenoxy) is 1. The normalized spacial score (nSPS) is 12.3. The van der Waals surface area contributed by atoms with E-state index in [1.807, 2.05) is 0 Å². The van der Waals surface area contributed by atoms with E-state index in [-0.39, 0.29) is 0 Å². The Morgan fingerprint density at radius 3 is 2.67 bits per heavy atom. The molecule has 0 aromatic rings. The van der Waals surface area contributed by atoms with E-state index in [0.717, 1.165) is 32.4 Å². The summed E-state index contributed by atoms with van der Waals surface area (Å²) < 4.78 is 5.06. The minimum Gasteiger partial charge on any atom is -0.385 e. The van der Waals surface area contributed by atoms with Gasteiger partial charge in [0.1, 0.15) is 0 Å². The summed E-state index contributed by atoms with van der Waals surface area (Å²) in [5, 5.41) is 3.56. The fraction of sp³-hybridized carbons (Fsp3) is 0.846. The molecule has 2 nitrogen and oxygen atoms in total. The summed E-state index contributed by atoms with van der Waals surface area (Å²) >= 11 is 0. The van der Waals surface area contributed by atoms with Crippen molar-refractivity contribution in [1.29, 1.82) is 0 Å². The van der Waals surface area contributed by atoms with Gasteiger partial charge in [0.25, 0.3) is 0 Å². The van der Waals surface area contributed by atoms with Crippen LogP contribution in [-0.2, 0) is 4.74 Å². The fourth-order valence-electron chi connectivity index (χ4n) is 1.62. The number of hydrogen-bond acceptors (Lipinski definition) is 2. The maximum absolute atomic E-state index is 5.25. The van der Waals surface area contributed by atoms with Gasteiger partial charge in [-0.15, -0.1) is 12.3 Å². The number of nitrogens with one attached hydrogen (secondary N) is 1. The van der Waals surface area contributed by atoms with Gasteiger partial charge in [-0.05, 0) is 38.6 Å². The van der Waals surface area contributed by atoms with Crippen LogP contribution in [0.1, 0.15) is 45.4 Å². The lowest BCUT2D eigenvalue weighted by Crippen LogP contribution is -2.30. The molecule has 0 aromatic carbocycles. The molecule has 0 saturated heterocycles. The molecule has 2 heteroatoms. The lowest BCUT2D eigenvalue weighted by molar-refractivity contribution is 0.188. The standard InChI is InChI=1S/C13H25NO/c1-4-6-7-9-13(14-11-5-2)10-8-12-15-3/h1,13-14H,5-12H2,2-3H3. The second-order valence-corrected chi connectivity index (χ2v) is 3.88. The molecule has 1 atom stereocenters. The van der Waals surface area contributed by atoms with Gasteiger partial charge in [0.15, 0.2) is 0 Å². The topological polar surface area (TPSA) is 21.3 Å². The first-order valence-corrected chi connectivity index (χ1v) is 6.00. The highest BCUT2D eigenvalue weighted by Gasteiger charge is 2.06. The van der Waals surface area contributed by atoms with E-state index in [1.165, 1.54) is 19.3 Å². The van der Waals surface area contributed by atoms with Crippen LogP contribution in [0.25, 0.3) is 0 Å². The molecule has 0 bridgehead atoms. The van der Waals surface area contributed by atoms with E-state index in [1.54, 1.807) is 7.11 Å². The average molecular weight is 211 g/mol. The summed E-state index contributed by atoms with van der Waals surface area (Å²) in [6.07, 6.45) is 12.0. The summed E-state index contributed by atoms with van der Waals surface area (Å²) in [5.74, 6) is 2.69. The van der Waals surface area contributed by atoms with Crippen molar-refractivity contribution in [3.8, 4) is 12.3 Å². The first-order chi connectivity index (χ1) is 7.35. The third-order valence-electron chi connectivity index (χ3n) is 2.46. The molecular weight excluding hydrogens is 186 g/mol. The summed E-state index contributed by atoms with van der Waals surface area (Å²) in [4.78, 5) is 0. The zero-order valence-corrected chi connectivity index (χ0v) is 10.2. The van der Waals surface area contributed by atoms with Crippen LogP contribution in [0, 0.1) is 12.3 Å². The summed E-state index contributed by atoms with van der Waals surface area (Å²) in [5.41, 5.74) is 0. The molecular formula is C13H25NO. The third kappa shape index (κ3) is 9.78. The molecule has 0 aromatic heterocycles. The SMILES string of the molecule is C#CCCCC(CCCOC)NCCC. The molecule has 1 unspecified atom stereocenters. The Morgan fingerprint density at radius 1 is 1.33 bits per heavy atom. The molecule has 0 spiro atoms. The van der Waals surface area contributed by atoms with Crippen molar-refractivity contribution in [3.63, 3.8) is 0 Å². The van der Waals surface area contributed by atoms with Crippen LogP contribution in [0.3, 0.4) is 0 Å². The number of hydrogen-bond donors (Lipinski definition) is 1. The number of methoxy groups -OCH3 is 1. The van der Waals surface area contributed by atoms with E-state index in [4.69, 9.17) is 11.2 Å². The molecule has 0 radical (unpaired) electrons. The first kappa shape index (κ1) is 14.5. The second-order valence-electron chi connectivity index (χ2n) is 3.88. The Bertz CT molecular complexity index is 162. The maximum atomic E-state index is 5.25. The van der Waals surface area contributed by atoms with E-state index in [0.29, 0.717) is 6.04 Å². The van der Waals surface area contributed by atoms with Gasteiger partial charge in [0, 0.05) is 26.2 Å². The molecule has 15 heavy (non-hydrogen) atoms. The van der Waals surface area contributed by atoms with Gasteiger partial charge in [-0.3, -0.25) is 0 Å². The third-order valence-corrected chi connectivity index (χ3v) is 2.46. The second kappa shape index (κ2) is 11.6. The molecule has 0 aliphatic rings. The molecule has 0 amide bonds. The van der Waals surface area contributed by atoms with Crippen molar-refractivity contribution >= 4 is 0 Å². The number of terminal acetylenes is 1. The van der Waals surface area contributed by atoms with Crippen LogP contribution in [0.4, 0.5) is 0 Å². The Hall–Kier alpha value is -0.520. The molecule has 0 aliphatic heterocycles. The van der Waals surface area contributed by atoms with Gasteiger partial charge in [0.05, 0.1) is 0 Å². The minimum atomic E-state index is 0.619. The minimum absolute atomic E-state index is 0.619. The molecule has 88 valence electrons. The van der Waals surface area contributed by atoms with Gasteiger partial charge in [-0.25, -0.2) is 0 Å². The maximum Gasteiger partial charge on any atom is 0.0462 e. The van der Waals surface area contributed by atoms with Crippen LogP contribution in [-0.4, -0.2) is 26.3 Å². The Labute approximate surface area is 94.8 Å². The molecule has 0 heterocycles. The van der Waals surface area contributed by atoms with Gasteiger partial charge in [-0.2, -0.15) is 0 Å². The summed E-state index contributed by atoms with van der Waals surface area (Å²) in [6, 6.07) is 0.619. The monoisotopic (exact) mass is 211 g/mol. The Morgan fingerprint density at radius 2 is 2.07 bits per heavy atom. The molecule has 0 aliphatic carbocycles. The molecule has 1 N–H and O–H groups in total. The zero-order chi connectivity index (χ0) is 11.4. The summed E-state index contributed by atoms with van der Waals surface area (Å²) in [6.45, 7) is 4.16. The lowest BCUT2D eigenvalue weighted by Gasteiger charge is -2.17. The highest BCUT2D eigenvalue weighted by Crippen LogP contribution is 2.07. The van der Waals surface area contributed by atoms with Crippen molar-refractivity contribution in [2.75, 3.05) is 20.3 Å². The van der Waals surface area contributed by atoms with Gasteiger partial charge < -0.3 is 10.1 Å². The van der Waals surface area contributed by atoms with E-state index >= 15 is 0 Å². The van der Waals surface area contributed by atoms with Crippen LogP contribution in [0.15, 0.2) is 0 Å². The number of rotatable bonds is 10. The highest BCUT2D eigenvalue weighted by atomic mass is 16.5. The van der Waals surface area contributed by atoms with Gasteiger partial charge in [0.2, 0.25) is 0 Å². The molecule has 0 saturated carbocycles. The van der Waals surface area contributed by atoms with Gasteiger partial charge in [-0.1, -0.05) is 6.92 Å². The quantitative estimate of drug-likeness (QED) is 0.443. The smallest absolute Gasteiger partial charge is 0.0462 e. The van der Waals surface area contributed by atoms with E-state index < -0.39 is 0 Å². The van der Waals surface area contributed by atoms with Gasteiger partial charge >= 0.3 is 0 Å². The Kier molecular flexibility index (Phi) is 11.2. The fourth-order valence-corrected chi connectivity index (χ4v) is 1.62. The van der Waals surface area contributed by atoms with Crippen LogP contribution >= 0.6 is 0 Å². The predicted molar refractivity (Wildman–Crippen MR) is 65.9 cm³/mol. The largest absolute Gasteiger partial charge is 0.385 e. The molecule has 0 rings (SSSR count). The average Bonchev–Trinajstić information content (AvgIpc) is 2.25.